The largest absolute Gasteiger partial charge is 0.416 e. The minimum absolute atomic E-state index is 0.0465. The fraction of sp³-hybridized carbons (Fsp3) is 0.267. The minimum atomic E-state index is -4.65. The first-order valence-corrected chi connectivity index (χ1v) is 15.1. The van der Waals surface area contributed by atoms with Crippen LogP contribution in [0.4, 0.5) is 19.0 Å². The average Bonchev–Trinajstić information content (AvgIpc) is 3.26. The number of benzene rings is 2. The number of anilines is 1. The van der Waals surface area contributed by atoms with Crippen molar-refractivity contribution in [2.75, 3.05) is 31.1 Å². The molecule has 0 radical (unpaired) electrons. The maximum atomic E-state index is 13.4. The van der Waals surface area contributed by atoms with Crippen LogP contribution in [0.15, 0.2) is 82.5 Å². The zero-order valence-corrected chi connectivity index (χ0v) is 23.9. The SMILES string of the molecule is Cc1ccc(Cc2nc(N3CCCN(S(=O)(=O)c4cccc(C(F)(F)F)c4)CC3)c3c(-c4cccnc4)noc3n2)cc1. The molecule has 43 heavy (non-hydrogen) atoms. The van der Waals surface area contributed by atoms with Gasteiger partial charge in [-0.3, -0.25) is 4.98 Å². The zero-order chi connectivity index (χ0) is 30.2. The summed E-state index contributed by atoms with van der Waals surface area (Å²) in [6, 6.07) is 15.5. The van der Waals surface area contributed by atoms with Gasteiger partial charge in [0.05, 0.1) is 10.5 Å². The van der Waals surface area contributed by atoms with E-state index in [1.807, 2.05) is 42.2 Å². The van der Waals surface area contributed by atoms with Crippen LogP contribution in [-0.4, -0.2) is 59.0 Å². The molecule has 0 N–H and O–H groups in total. The second-order valence-corrected chi connectivity index (χ2v) is 12.3. The van der Waals surface area contributed by atoms with Gasteiger partial charge in [0.25, 0.3) is 5.71 Å². The Balaban J connectivity index is 1.35. The van der Waals surface area contributed by atoms with Crippen molar-refractivity contribution in [1.82, 2.24) is 24.4 Å². The van der Waals surface area contributed by atoms with Crippen molar-refractivity contribution in [2.45, 2.75) is 30.8 Å². The van der Waals surface area contributed by atoms with E-state index < -0.39 is 26.7 Å². The molecule has 3 aromatic heterocycles. The standard InChI is InChI=1S/C30H27F3N6O3S/c1-20-8-10-21(11-9-20)17-25-35-28(26-27(37-42-29(26)36-25)22-5-3-12-34-19-22)38-13-4-14-39(16-15-38)43(40,41)24-7-2-6-23(18-24)30(31,32)33/h2-3,5-12,18-19H,4,13-17H2,1H3. The number of alkyl halides is 3. The molecule has 0 amide bonds. The molecule has 1 fully saturated rings. The lowest BCUT2D eigenvalue weighted by Crippen LogP contribution is -2.35. The summed E-state index contributed by atoms with van der Waals surface area (Å²) in [5.74, 6) is 1.06. The maximum absolute atomic E-state index is 13.4. The molecule has 0 bridgehead atoms. The van der Waals surface area contributed by atoms with Crippen LogP contribution in [0.2, 0.25) is 0 Å². The summed E-state index contributed by atoms with van der Waals surface area (Å²) in [5, 5.41) is 4.86. The van der Waals surface area contributed by atoms with Gasteiger partial charge in [-0.15, -0.1) is 0 Å². The van der Waals surface area contributed by atoms with Crippen molar-refractivity contribution in [2.24, 2.45) is 0 Å². The number of hydrogen-bond donors (Lipinski definition) is 0. The quantitative estimate of drug-likeness (QED) is 0.249. The summed E-state index contributed by atoms with van der Waals surface area (Å²) in [5.41, 5.74) is 2.65. The summed E-state index contributed by atoms with van der Waals surface area (Å²) in [6.07, 6.45) is -0.481. The van der Waals surface area contributed by atoms with Crippen molar-refractivity contribution in [1.29, 1.82) is 0 Å². The summed E-state index contributed by atoms with van der Waals surface area (Å²) in [6.45, 7) is 2.88. The maximum Gasteiger partial charge on any atom is 0.416 e. The molecule has 6 rings (SSSR count). The molecule has 0 saturated carbocycles. The highest BCUT2D eigenvalue weighted by Crippen LogP contribution is 2.35. The predicted molar refractivity (Wildman–Crippen MR) is 154 cm³/mol. The van der Waals surface area contributed by atoms with Gasteiger partial charge in [-0.1, -0.05) is 41.1 Å². The van der Waals surface area contributed by atoms with Gasteiger partial charge in [0.15, 0.2) is 0 Å². The Hall–Kier alpha value is -4.36. The molecule has 13 heteroatoms. The molecule has 222 valence electrons. The molecular formula is C30H27F3N6O3S. The van der Waals surface area contributed by atoms with Crippen molar-refractivity contribution >= 4 is 26.9 Å². The lowest BCUT2D eigenvalue weighted by molar-refractivity contribution is -0.137. The Bertz CT molecular complexity index is 1860. The molecule has 0 spiro atoms. The van der Waals surface area contributed by atoms with Crippen LogP contribution >= 0.6 is 0 Å². The molecule has 0 aliphatic carbocycles. The van der Waals surface area contributed by atoms with Crippen LogP contribution in [0.3, 0.4) is 0 Å². The first-order chi connectivity index (χ1) is 20.6. The Labute approximate surface area is 246 Å². The van der Waals surface area contributed by atoms with Crippen LogP contribution in [-0.2, 0) is 22.6 Å². The first kappa shape index (κ1) is 28.7. The van der Waals surface area contributed by atoms with Crippen LogP contribution in [0.5, 0.6) is 0 Å². The Morgan fingerprint density at radius 3 is 2.51 bits per heavy atom. The Morgan fingerprint density at radius 1 is 0.953 bits per heavy atom. The smallest absolute Gasteiger partial charge is 0.354 e. The number of halogens is 3. The third-order valence-corrected chi connectivity index (χ3v) is 9.23. The van der Waals surface area contributed by atoms with Crippen LogP contribution in [0, 0.1) is 6.92 Å². The van der Waals surface area contributed by atoms with Crippen LogP contribution in [0.1, 0.15) is 28.9 Å². The minimum Gasteiger partial charge on any atom is -0.354 e. The van der Waals surface area contributed by atoms with E-state index in [4.69, 9.17) is 9.51 Å². The highest BCUT2D eigenvalue weighted by Gasteiger charge is 2.34. The van der Waals surface area contributed by atoms with Gasteiger partial charge in [0.2, 0.25) is 10.0 Å². The number of sulfonamides is 1. The normalized spacial score (nSPS) is 15.1. The Morgan fingerprint density at radius 2 is 1.77 bits per heavy atom. The predicted octanol–water partition coefficient (Wildman–Crippen LogP) is 5.50. The molecule has 1 aliphatic rings. The molecular weight excluding hydrogens is 581 g/mol. The van der Waals surface area contributed by atoms with Crippen LogP contribution < -0.4 is 4.90 Å². The number of rotatable bonds is 6. The number of aromatic nitrogens is 4. The van der Waals surface area contributed by atoms with E-state index in [-0.39, 0.29) is 19.6 Å². The van der Waals surface area contributed by atoms with Crippen molar-refractivity contribution in [3.05, 3.63) is 95.6 Å². The molecule has 9 nitrogen and oxygen atoms in total. The molecule has 0 atom stereocenters. The summed E-state index contributed by atoms with van der Waals surface area (Å²) in [7, 11) is -4.17. The lowest BCUT2D eigenvalue weighted by Gasteiger charge is -2.24. The summed E-state index contributed by atoms with van der Waals surface area (Å²) in [4.78, 5) is 15.3. The van der Waals surface area contributed by atoms with Gasteiger partial charge in [-0.05, 0) is 49.2 Å². The van der Waals surface area contributed by atoms with Gasteiger partial charge < -0.3 is 9.42 Å². The zero-order valence-electron chi connectivity index (χ0n) is 23.1. The van der Waals surface area contributed by atoms with E-state index in [9.17, 15) is 21.6 Å². The van der Waals surface area contributed by atoms with Gasteiger partial charge in [-0.25, -0.2) is 13.4 Å². The van der Waals surface area contributed by atoms with E-state index >= 15 is 0 Å². The molecule has 0 unspecified atom stereocenters. The fourth-order valence-electron chi connectivity index (χ4n) is 5.10. The van der Waals surface area contributed by atoms with Gasteiger partial charge in [0.1, 0.15) is 22.7 Å². The number of aryl methyl sites for hydroxylation is 1. The highest BCUT2D eigenvalue weighted by atomic mass is 32.2. The first-order valence-electron chi connectivity index (χ1n) is 13.6. The third kappa shape index (κ3) is 5.95. The van der Waals surface area contributed by atoms with Gasteiger partial charge >= 0.3 is 6.18 Å². The number of hydrogen-bond acceptors (Lipinski definition) is 8. The van der Waals surface area contributed by atoms with Gasteiger partial charge in [0, 0.05) is 50.6 Å². The average molecular weight is 609 g/mol. The molecule has 1 saturated heterocycles. The monoisotopic (exact) mass is 608 g/mol. The van der Waals surface area contributed by atoms with Gasteiger partial charge in [-0.2, -0.15) is 22.5 Å². The molecule has 2 aromatic carbocycles. The number of fused-ring (bicyclic) bond motifs is 1. The van der Waals surface area contributed by atoms with Crippen LogP contribution in [0.25, 0.3) is 22.4 Å². The van der Waals surface area contributed by atoms with Crippen molar-refractivity contribution < 1.29 is 26.1 Å². The van der Waals surface area contributed by atoms with Crippen molar-refractivity contribution in [3.8, 4) is 11.3 Å². The second-order valence-electron chi connectivity index (χ2n) is 10.3. The Kier molecular flexibility index (Phi) is 7.61. The highest BCUT2D eigenvalue weighted by molar-refractivity contribution is 7.89. The molecule has 1 aliphatic heterocycles. The fourth-order valence-corrected chi connectivity index (χ4v) is 6.62. The molecule has 4 heterocycles. The molecule has 5 aromatic rings. The summed E-state index contributed by atoms with van der Waals surface area (Å²) < 4.78 is 73.7. The summed E-state index contributed by atoms with van der Waals surface area (Å²) >= 11 is 0. The third-order valence-electron chi connectivity index (χ3n) is 7.33. The van der Waals surface area contributed by atoms with E-state index in [1.54, 1.807) is 18.5 Å². The van der Waals surface area contributed by atoms with E-state index in [1.165, 1.54) is 10.4 Å². The van der Waals surface area contributed by atoms with E-state index in [0.717, 1.165) is 23.3 Å². The number of nitrogens with zero attached hydrogens (tertiary/aromatic N) is 6. The van der Waals surface area contributed by atoms with E-state index in [2.05, 4.69) is 15.1 Å². The number of pyridine rings is 1. The van der Waals surface area contributed by atoms with Crippen molar-refractivity contribution in [3.63, 3.8) is 0 Å². The lowest BCUT2D eigenvalue weighted by atomic mass is 10.1. The second kappa shape index (κ2) is 11.4. The topological polar surface area (TPSA) is 105 Å². The van der Waals surface area contributed by atoms with E-state index in [0.29, 0.717) is 59.5 Å².